The first-order chi connectivity index (χ1) is 21.3. The zero-order valence-corrected chi connectivity index (χ0v) is 24.4. The molecule has 0 aromatic heterocycles. The predicted octanol–water partition coefficient (Wildman–Crippen LogP) is 6.89. The molecular weight excluding hydrogens is 540 g/mol. The molecule has 1 aliphatic heterocycles. The van der Waals surface area contributed by atoms with Gasteiger partial charge >= 0.3 is 0 Å². The van der Waals surface area contributed by atoms with E-state index in [1.807, 2.05) is 121 Å². The lowest BCUT2D eigenvalue weighted by Crippen LogP contribution is -2.61. The first-order valence-electron chi connectivity index (χ1n) is 14.8. The number of ether oxygens (including phenoxy) is 6. The third-order valence-electron chi connectivity index (χ3n) is 7.22. The van der Waals surface area contributed by atoms with Crippen molar-refractivity contribution in [2.45, 2.75) is 57.1 Å². The van der Waals surface area contributed by atoms with Crippen molar-refractivity contribution in [1.29, 1.82) is 0 Å². The second-order valence-electron chi connectivity index (χ2n) is 10.4. The summed E-state index contributed by atoms with van der Waals surface area (Å²) in [6.45, 7) is 6.07. The smallest absolute Gasteiger partial charge is 0.187 e. The standard InChI is InChI=1S/C37H40O6/c1-2-23-39-35-34(40-25-30-17-9-4-10-18-30)33(28-38-24-29-15-7-3-8-16-29)43-37(42-27-32-21-13-6-14-22-32)36(35)41-26-31-19-11-5-12-20-31/h2-22,33-37H,1,23-28H2/t33-,34-,35+,36-,37+/m1/s1. The zero-order valence-electron chi connectivity index (χ0n) is 24.4. The Kier molecular flexibility index (Phi) is 12.1. The van der Waals surface area contributed by atoms with E-state index in [1.54, 1.807) is 6.08 Å². The summed E-state index contributed by atoms with van der Waals surface area (Å²) in [7, 11) is 0. The Morgan fingerprint density at radius 2 is 0.953 bits per heavy atom. The fourth-order valence-corrected chi connectivity index (χ4v) is 5.05. The van der Waals surface area contributed by atoms with Crippen LogP contribution in [0.2, 0.25) is 0 Å². The van der Waals surface area contributed by atoms with Crippen LogP contribution in [0.3, 0.4) is 0 Å². The molecule has 1 fully saturated rings. The van der Waals surface area contributed by atoms with E-state index in [4.69, 9.17) is 28.4 Å². The Labute approximate surface area is 254 Å². The Bertz CT molecular complexity index is 1320. The summed E-state index contributed by atoms with van der Waals surface area (Å²) < 4.78 is 38.8. The first-order valence-corrected chi connectivity index (χ1v) is 14.8. The maximum absolute atomic E-state index is 6.66. The molecule has 4 aromatic carbocycles. The number of hydrogen-bond acceptors (Lipinski definition) is 6. The van der Waals surface area contributed by atoms with Crippen molar-refractivity contribution < 1.29 is 28.4 Å². The minimum Gasteiger partial charge on any atom is -0.374 e. The molecule has 4 aromatic rings. The molecule has 6 nitrogen and oxygen atoms in total. The molecule has 43 heavy (non-hydrogen) atoms. The van der Waals surface area contributed by atoms with Gasteiger partial charge < -0.3 is 28.4 Å². The molecule has 0 spiro atoms. The lowest BCUT2D eigenvalue weighted by Gasteiger charge is -2.45. The van der Waals surface area contributed by atoms with Crippen LogP contribution >= 0.6 is 0 Å². The van der Waals surface area contributed by atoms with Gasteiger partial charge in [0.25, 0.3) is 0 Å². The van der Waals surface area contributed by atoms with Gasteiger partial charge in [0.2, 0.25) is 0 Å². The zero-order chi connectivity index (χ0) is 29.5. The molecule has 0 radical (unpaired) electrons. The van der Waals surface area contributed by atoms with E-state index in [0.717, 1.165) is 22.3 Å². The monoisotopic (exact) mass is 580 g/mol. The minimum absolute atomic E-state index is 0.291. The van der Waals surface area contributed by atoms with Crippen molar-refractivity contribution in [1.82, 2.24) is 0 Å². The molecule has 1 heterocycles. The SMILES string of the molecule is C=CCO[C@@H]1[C@@H](OCc2ccccc2)[C@@H](OCc2ccccc2)O[C@H](COCc2ccccc2)[C@H]1OCc1ccccc1. The van der Waals surface area contributed by atoms with Crippen molar-refractivity contribution in [3.63, 3.8) is 0 Å². The van der Waals surface area contributed by atoms with E-state index in [9.17, 15) is 0 Å². The van der Waals surface area contributed by atoms with E-state index < -0.39 is 30.7 Å². The normalized spacial score (nSPS) is 21.8. The lowest BCUT2D eigenvalue weighted by molar-refractivity contribution is -0.328. The highest BCUT2D eigenvalue weighted by Gasteiger charge is 2.49. The van der Waals surface area contributed by atoms with Crippen LogP contribution in [0.5, 0.6) is 0 Å². The fourth-order valence-electron chi connectivity index (χ4n) is 5.05. The second kappa shape index (κ2) is 16.9. The molecule has 0 amide bonds. The molecule has 1 saturated heterocycles. The van der Waals surface area contributed by atoms with Gasteiger partial charge in [-0.2, -0.15) is 0 Å². The summed E-state index contributed by atoms with van der Waals surface area (Å²) in [5.41, 5.74) is 4.22. The average molecular weight is 581 g/mol. The van der Waals surface area contributed by atoms with Crippen molar-refractivity contribution in [3.05, 3.63) is 156 Å². The second-order valence-corrected chi connectivity index (χ2v) is 10.4. The molecule has 1 aliphatic rings. The Morgan fingerprint density at radius 3 is 1.44 bits per heavy atom. The van der Waals surface area contributed by atoms with E-state index in [0.29, 0.717) is 39.6 Å². The molecule has 5 atom stereocenters. The van der Waals surface area contributed by atoms with E-state index >= 15 is 0 Å². The molecule has 0 aliphatic carbocycles. The molecule has 6 heteroatoms. The largest absolute Gasteiger partial charge is 0.374 e. The van der Waals surface area contributed by atoms with Gasteiger partial charge in [0, 0.05) is 0 Å². The van der Waals surface area contributed by atoms with Crippen molar-refractivity contribution in [2.24, 2.45) is 0 Å². The van der Waals surface area contributed by atoms with Crippen LogP contribution in [0.4, 0.5) is 0 Å². The summed E-state index contributed by atoms with van der Waals surface area (Å²) in [5, 5.41) is 0. The van der Waals surface area contributed by atoms with Crippen molar-refractivity contribution >= 4 is 0 Å². The number of benzene rings is 4. The molecule has 0 N–H and O–H groups in total. The van der Waals surface area contributed by atoms with Crippen molar-refractivity contribution in [2.75, 3.05) is 13.2 Å². The molecule has 224 valence electrons. The third-order valence-corrected chi connectivity index (χ3v) is 7.22. The van der Waals surface area contributed by atoms with Gasteiger partial charge in [-0.15, -0.1) is 6.58 Å². The maximum Gasteiger partial charge on any atom is 0.187 e. The maximum atomic E-state index is 6.66. The highest BCUT2D eigenvalue weighted by atomic mass is 16.7. The van der Waals surface area contributed by atoms with Gasteiger partial charge in [-0.1, -0.05) is 127 Å². The van der Waals surface area contributed by atoms with E-state index in [-0.39, 0.29) is 0 Å². The van der Waals surface area contributed by atoms with Gasteiger partial charge in [-0.3, -0.25) is 0 Å². The summed E-state index contributed by atoms with van der Waals surface area (Å²) in [6.07, 6.45) is -1.03. The van der Waals surface area contributed by atoms with Gasteiger partial charge in [-0.05, 0) is 22.3 Å². The first kappa shape index (κ1) is 30.8. The molecule has 0 unspecified atom stereocenters. The Morgan fingerprint density at radius 1 is 0.512 bits per heavy atom. The average Bonchev–Trinajstić information content (AvgIpc) is 3.07. The highest BCUT2D eigenvalue weighted by Crippen LogP contribution is 2.31. The highest BCUT2D eigenvalue weighted by molar-refractivity contribution is 5.16. The van der Waals surface area contributed by atoms with Crippen LogP contribution in [-0.4, -0.2) is 43.9 Å². The van der Waals surface area contributed by atoms with Crippen LogP contribution in [0.25, 0.3) is 0 Å². The molecular formula is C37H40O6. The van der Waals surface area contributed by atoms with Gasteiger partial charge in [-0.25, -0.2) is 0 Å². The van der Waals surface area contributed by atoms with Gasteiger partial charge in [0.1, 0.15) is 24.4 Å². The summed E-state index contributed by atoms with van der Waals surface area (Å²) in [6, 6.07) is 40.2. The van der Waals surface area contributed by atoms with Crippen LogP contribution < -0.4 is 0 Å². The lowest BCUT2D eigenvalue weighted by atomic mass is 9.98. The van der Waals surface area contributed by atoms with Crippen LogP contribution in [-0.2, 0) is 54.8 Å². The predicted molar refractivity (Wildman–Crippen MR) is 166 cm³/mol. The van der Waals surface area contributed by atoms with Crippen molar-refractivity contribution in [3.8, 4) is 0 Å². The van der Waals surface area contributed by atoms with E-state index in [2.05, 4.69) is 6.58 Å². The molecule has 5 rings (SSSR count). The van der Waals surface area contributed by atoms with E-state index in [1.165, 1.54) is 0 Å². The fraction of sp³-hybridized carbons (Fsp3) is 0.297. The number of rotatable bonds is 16. The Balaban J connectivity index is 1.40. The van der Waals surface area contributed by atoms with Crippen LogP contribution in [0.1, 0.15) is 22.3 Å². The topological polar surface area (TPSA) is 55.4 Å². The van der Waals surface area contributed by atoms with Crippen LogP contribution in [0, 0.1) is 0 Å². The third kappa shape index (κ3) is 9.43. The summed E-state index contributed by atoms with van der Waals surface area (Å²) >= 11 is 0. The quantitative estimate of drug-likeness (QED) is 0.135. The summed E-state index contributed by atoms with van der Waals surface area (Å²) in [5.74, 6) is 0. The van der Waals surface area contributed by atoms with Crippen LogP contribution in [0.15, 0.2) is 134 Å². The van der Waals surface area contributed by atoms with Gasteiger partial charge in [0.05, 0.1) is 39.6 Å². The number of hydrogen-bond donors (Lipinski definition) is 0. The molecule has 0 saturated carbocycles. The summed E-state index contributed by atoms with van der Waals surface area (Å²) in [4.78, 5) is 0. The minimum atomic E-state index is -0.722. The van der Waals surface area contributed by atoms with Gasteiger partial charge in [0.15, 0.2) is 6.29 Å². The molecule has 0 bridgehead atoms. The Hall–Kier alpha value is -3.62.